The van der Waals surface area contributed by atoms with Gasteiger partial charge in [0.15, 0.2) is 0 Å². The van der Waals surface area contributed by atoms with Crippen molar-refractivity contribution in [1.82, 2.24) is 0 Å². The zero-order valence-electron chi connectivity index (χ0n) is 11.6. The van der Waals surface area contributed by atoms with Gasteiger partial charge in [-0.2, -0.15) is 0 Å². The molecule has 0 fully saturated rings. The lowest BCUT2D eigenvalue weighted by molar-refractivity contribution is -0.115. The maximum atomic E-state index is 11.8. The molecule has 0 spiro atoms. The predicted molar refractivity (Wildman–Crippen MR) is 87.3 cm³/mol. The molecule has 1 atom stereocenters. The lowest BCUT2D eigenvalue weighted by atomic mass is 10.1. The molecule has 1 N–H and O–H groups in total. The van der Waals surface area contributed by atoms with Gasteiger partial charge in [-0.3, -0.25) is 4.79 Å². The van der Waals surface area contributed by atoms with Crippen LogP contribution in [-0.4, -0.2) is 17.8 Å². The molecule has 1 unspecified atom stereocenters. The molecule has 0 radical (unpaired) electrons. The summed E-state index contributed by atoms with van der Waals surface area (Å²) >= 11 is 3.25. The normalized spacial score (nSPS) is 12.5. The Hall–Kier alpha value is -2.01. The second kappa shape index (κ2) is 5.41. The van der Waals surface area contributed by atoms with Crippen molar-refractivity contribution in [3.63, 3.8) is 0 Å². The summed E-state index contributed by atoms with van der Waals surface area (Å²) in [6.45, 7) is 1.77. The molecule has 1 amide bonds. The maximum Gasteiger partial charge on any atom is 0.237 e. The minimum atomic E-state index is -0.284. The van der Waals surface area contributed by atoms with Crippen LogP contribution in [-0.2, 0) is 4.79 Å². The van der Waals surface area contributed by atoms with Crippen molar-refractivity contribution in [3.8, 4) is 5.75 Å². The van der Waals surface area contributed by atoms with Crippen LogP contribution in [0.2, 0.25) is 0 Å². The SMILES string of the molecule is COc1cc2c(cc1NC(=O)C(C)Br)oc1ccccc12. The topological polar surface area (TPSA) is 51.5 Å². The first-order chi connectivity index (χ1) is 10.1. The molecule has 3 aromatic rings. The first-order valence-corrected chi connectivity index (χ1v) is 7.46. The Labute approximate surface area is 130 Å². The number of halogens is 1. The molecule has 2 aromatic carbocycles. The van der Waals surface area contributed by atoms with Crippen molar-refractivity contribution in [3.05, 3.63) is 36.4 Å². The van der Waals surface area contributed by atoms with Gasteiger partial charge in [-0.25, -0.2) is 0 Å². The summed E-state index contributed by atoms with van der Waals surface area (Å²) in [7, 11) is 1.58. The van der Waals surface area contributed by atoms with Crippen molar-refractivity contribution in [1.29, 1.82) is 0 Å². The van der Waals surface area contributed by atoms with Crippen LogP contribution >= 0.6 is 15.9 Å². The number of furan rings is 1. The molecule has 108 valence electrons. The molecular weight excluding hydrogens is 334 g/mol. The van der Waals surface area contributed by atoms with E-state index in [0.29, 0.717) is 11.4 Å². The van der Waals surface area contributed by atoms with Gasteiger partial charge in [0.25, 0.3) is 0 Å². The summed E-state index contributed by atoms with van der Waals surface area (Å²) in [6, 6.07) is 11.5. The summed E-state index contributed by atoms with van der Waals surface area (Å²) in [5, 5.41) is 4.82. The van der Waals surface area contributed by atoms with Crippen molar-refractivity contribution >= 4 is 49.5 Å². The number of hydrogen-bond acceptors (Lipinski definition) is 3. The Bertz CT molecular complexity index is 823. The number of rotatable bonds is 3. The van der Waals surface area contributed by atoms with Gasteiger partial charge in [0.2, 0.25) is 5.91 Å². The van der Waals surface area contributed by atoms with E-state index in [-0.39, 0.29) is 10.7 Å². The Morgan fingerprint density at radius 3 is 2.71 bits per heavy atom. The average Bonchev–Trinajstić information content (AvgIpc) is 2.83. The van der Waals surface area contributed by atoms with Crippen molar-refractivity contribution in [2.75, 3.05) is 12.4 Å². The summed E-state index contributed by atoms with van der Waals surface area (Å²) < 4.78 is 11.2. The number of fused-ring (bicyclic) bond motifs is 3. The van der Waals surface area contributed by atoms with E-state index in [1.807, 2.05) is 30.3 Å². The smallest absolute Gasteiger partial charge is 0.237 e. The minimum Gasteiger partial charge on any atom is -0.495 e. The Morgan fingerprint density at radius 1 is 1.24 bits per heavy atom. The van der Waals surface area contributed by atoms with Crippen LogP contribution in [0.3, 0.4) is 0 Å². The number of alkyl halides is 1. The molecule has 21 heavy (non-hydrogen) atoms. The third-order valence-corrected chi connectivity index (χ3v) is 3.73. The van der Waals surface area contributed by atoms with Crippen LogP contribution in [0.4, 0.5) is 5.69 Å². The quantitative estimate of drug-likeness (QED) is 0.718. The fourth-order valence-corrected chi connectivity index (χ4v) is 2.36. The zero-order valence-corrected chi connectivity index (χ0v) is 13.2. The number of nitrogens with one attached hydrogen (secondary N) is 1. The van der Waals surface area contributed by atoms with Crippen molar-refractivity contribution in [2.45, 2.75) is 11.8 Å². The molecule has 0 aliphatic rings. The zero-order chi connectivity index (χ0) is 15.0. The molecule has 1 heterocycles. The van der Waals surface area contributed by atoms with Crippen LogP contribution < -0.4 is 10.1 Å². The number of amides is 1. The van der Waals surface area contributed by atoms with Crippen molar-refractivity contribution < 1.29 is 13.9 Å². The van der Waals surface area contributed by atoms with Gasteiger partial charge < -0.3 is 14.5 Å². The molecule has 3 rings (SSSR count). The van der Waals surface area contributed by atoms with E-state index in [0.717, 1.165) is 21.9 Å². The van der Waals surface area contributed by atoms with Gasteiger partial charge >= 0.3 is 0 Å². The highest BCUT2D eigenvalue weighted by atomic mass is 79.9. The Kier molecular flexibility index (Phi) is 3.59. The highest BCUT2D eigenvalue weighted by Crippen LogP contribution is 2.36. The third kappa shape index (κ3) is 2.49. The summed E-state index contributed by atoms with van der Waals surface area (Å²) in [4.78, 5) is 11.6. The molecule has 0 saturated carbocycles. The standard InChI is InChI=1S/C16H14BrNO3/c1-9(17)16(19)18-12-8-14-11(7-15(12)20-2)10-5-3-4-6-13(10)21-14/h3-9H,1-2H3,(H,18,19). The summed E-state index contributed by atoms with van der Waals surface area (Å²) in [5.41, 5.74) is 2.13. The van der Waals surface area contributed by atoms with Gasteiger partial charge in [0.1, 0.15) is 16.9 Å². The van der Waals surface area contributed by atoms with Crippen LogP contribution in [0, 0.1) is 0 Å². The van der Waals surface area contributed by atoms with Crippen molar-refractivity contribution in [2.24, 2.45) is 0 Å². The third-order valence-electron chi connectivity index (χ3n) is 3.32. The number of ether oxygens (including phenoxy) is 1. The number of methoxy groups -OCH3 is 1. The number of carbonyl (C=O) groups is 1. The fourth-order valence-electron chi connectivity index (χ4n) is 2.25. The van der Waals surface area contributed by atoms with Gasteiger partial charge in [0.05, 0.1) is 17.6 Å². The molecule has 0 aliphatic carbocycles. The molecule has 1 aromatic heterocycles. The lowest BCUT2D eigenvalue weighted by Gasteiger charge is -2.11. The van der Waals surface area contributed by atoms with Gasteiger partial charge in [-0.05, 0) is 19.1 Å². The first-order valence-electron chi connectivity index (χ1n) is 6.54. The molecule has 4 nitrogen and oxygen atoms in total. The van der Waals surface area contributed by atoms with E-state index in [1.54, 1.807) is 20.1 Å². The van der Waals surface area contributed by atoms with Gasteiger partial charge in [-0.15, -0.1) is 0 Å². The van der Waals surface area contributed by atoms with E-state index in [4.69, 9.17) is 9.15 Å². The highest BCUT2D eigenvalue weighted by Gasteiger charge is 2.15. The Morgan fingerprint density at radius 2 is 2.00 bits per heavy atom. The summed E-state index contributed by atoms with van der Waals surface area (Å²) in [6.07, 6.45) is 0. The number of benzene rings is 2. The van der Waals surface area contributed by atoms with Crippen LogP contribution in [0.5, 0.6) is 5.75 Å². The monoisotopic (exact) mass is 347 g/mol. The van der Waals surface area contributed by atoms with E-state index in [2.05, 4.69) is 21.2 Å². The molecule has 0 aliphatic heterocycles. The first kappa shape index (κ1) is 13.9. The molecule has 5 heteroatoms. The van der Waals surface area contributed by atoms with Crippen LogP contribution in [0.15, 0.2) is 40.8 Å². The average molecular weight is 348 g/mol. The van der Waals surface area contributed by atoms with Gasteiger partial charge in [-0.1, -0.05) is 34.1 Å². The highest BCUT2D eigenvalue weighted by molar-refractivity contribution is 9.10. The lowest BCUT2D eigenvalue weighted by Crippen LogP contribution is -2.20. The molecular formula is C16H14BrNO3. The second-order valence-electron chi connectivity index (χ2n) is 4.75. The van der Waals surface area contributed by atoms with Crippen LogP contribution in [0.25, 0.3) is 21.9 Å². The second-order valence-corrected chi connectivity index (χ2v) is 6.13. The largest absolute Gasteiger partial charge is 0.495 e. The predicted octanol–water partition coefficient (Wildman–Crippen LogP) is 4.32. The van der Waals surface area contributed by atoms with Gasteiger partial charge in [0, 0.05) is 16.8 Å². The maximum absolute atomic E-state index is 11.8. The minimum absolute atomic E-state index is 0.135. The number of para-hydroxylation sites is 1. The van der Waals surface area contributed by atoms with E-state index in [9.17, 15) is 4.79 Å². The number of hydrogen-bond donors (Lipinski definition) is 1. The van der Waals surface area contributed by atoms with E-state index in [1.165, 1.54) is 0 Å². The fraction of sp³-hybridized carbons (Fsp3) is 0.188. The summed E-state index contributed by atoms with van der Waals surface area (Å²) in [5.74, 6) is 0.472. The molecule has 0 saturated heterocycles. The molecule has 0 bridgehead atoms. The number of carbonyl (C=O) groups excluding carboxylic acids is 1. The van der Waals surface area contributed by atoms with Crippen LogP contribution in [0.1, 0.15) is 6.92 Å². The number of anilines is 1. The van der Waals surface area contributed by atoms with E-state index >= 15 is 0 Å². The van der Waals surface area contributed by atoms with E-state index < -0.39 is 0 Å². The Balaban J connectivity index is 2.17.